The van der Waals surface area contributed by atoms with E-state index in [1.165, 1.54) is 12.7 Å². The largest absolute Gasteiger partial charge is 0.450 e. The van der Waals surface area contributed by atoms with E-state index in [1.807, 2.05) is 0 Å². The summed E-state index contributed by atoms with van der Waals surface area (Å²) in [5.41, 5.74) is 0.319. The first kappa shape index (κ1) is 3.88. The van der Waals surface area contributed by atoms with Gasteiger partial charge in [-0.15, -0.1) is 0 Å². The fourth-order valence-electron chi connectivity index (χ4n) is 0.268. The summed E-state index contributed by atoms with van der Waals surface area (Å²) in [5.74, 6) is 0. The van der Waals surface area contributed by atoms with Crippen molar-refractivity contribution in [3.63, 3.8) is 0 Å². The molecule has 3 heteroatoms. The summed E-state index contributed by atoms with van der Waals surface area (Å²) in [7, 11) is 0. The van der Waals surface area contributed by atoms with Crippen LogP contribution in [0, 0.1) is 11.3 Å². The van der Waals surface area contributed by atoms with Crippen LogP contribution in [0.2, 0.25) is 0 Å². The van der Waals surface area contributed by atoms with Crippen molar-refractivity contribution in [1.29, 1.82) is 5.26 Å². The average Bonchev–Trinajstić information content (AvgIpc) is 2.14. The Morgan fingerprint density at radius 2 is 2.71 bits per heavy atom. The van der Waals surface area contributed by atoms with Gasteiger partial charge in [-0.2, -0.15) is 5.26 Å². The SMILES string of the molecule is N#Cc1cocn1. The van der Waals surface area contributed by atoms with Gasteiger partial charge >= 0.3 is 0 Å². The molecule has 1 aromatic rings. The van der Waals surface area contributed by atoms with E-state index in [2.05, 4.69) is 9.40 Å². The molecule has 1 aromatic heterocycles. The normalized spacial score (nSPS) is 7.86. The fraction of sp³-hybridized carbons (Fsp3) is 0. The van der Waals surface area contributed by atoms with E-state index >= 15 is 0 Å². The Balaban J connectivity index is 3.04. The quantitative estimate of drug-likeness (QED) is 0.471. The summed E-state index contributed by atoms with van der Waals surface area (Å²) in [4.78, 5) is 3.51. The van der Waals surface area contributed by atoms with E-state index in [4.69, 9.17) is 5.26 Å². The van der Waals surface area contributed by atoms with Crippen LogP contribution in [0.15, 0.2) is 17.1 Å². The Hall–Kier alpha value is -1.30. The molecule has 1 rings (SSSR count). The van der Waals surface area contributed by atoms with Gasteiger partial charge in [0.05, 0.1) is 0 Å². The van der Waals surface area contributed by atoms with Crippen molar-refractivity contribution in [3.8, 4) is 6.07 Å². The maximum Gasteiger partial charge on any atom is 0.181 e. The molecular formula is C4H2N2O. The van der Waals surface area contributed by atoms with Gasteiger partial charge in [-0.3, -0.25) is 0 Å². The second-order valence-electron chi connectivity index (χ2n) is 0.985. The van der Waals surface area contributed by atoms with Gasteiger partial charge in [0, 0.05) is 0 Å². The van der Waals surface area contributed by atoms with Crippen molar-refractivity contribution in [2.24, 2.45) is 0 Å². The standard InChI is InChI=1S/C4H2N2O/c5-1-4-2-7-3-6-4/h2-3H. The van der Waals surface area contributed by atoms with E-state index in [1.54, 1.807) is 6.07 Å². The first-order chi connectivity index (χ1) is 3.43. The highest BCUT2D eigenvalue weighted by molar-refractivity contribution is 5.12. The van der Waals surface area contributed by atoms with Gasteiger partial charge in [-0.05, 0) is 0 Å². The molecule has 0 aliphatic carbocycles. The zero-order chi connectivity index (χ0) is 5.11. The minimum Gasteiger partial charge on any atom is -0.450 e. The third-order valence-electron chi connectivity index (χ3n) is 0.547. The maximum absolute atomic E-state index is 8.05. The van der Waals surface area contributed by atoms with Gasteiger partial charge in [0.2, 0.25) is 0 Å². The molecular weight excluding hydrogens is 92.1 g/mol. The second kappa shape index (κ2) is 1.43. The lowest BCUT2D eigenvalue weighted by Crippen LogP contribution is -1.64. The first-order valence-corrected chi connectivity index (χ1v) is 1.72. The van der Waals surface area contributed by atoms with Gasteiger partial charge in [0.1, 0.15) is 12.3 Å². The topological polar surface area (TPSA) is 49.8 Å². The van der Waals surface area contributed by atoms with Crippen LogP contribution in [-0.2, 0) is 0 Å². The highest BCUT2D eigenvalue weighted by Crippen LogP contribution is 1.87. The van der Waals surface area contributed by atoms with Crippen LogP contribution < -0.4 is 0 Å². The molecule has 0 N–H and O–H groups in total. The van der Waals surface area contributed by atoms with Crippen LogP contribution in [0.1, 0.15) is 5.69 Å². The number of rotatable bonds is 0. The molecule has 0 aromatic carbocycles. The van der Waals surface area contributed by atoms with E-state index in [9.17, 15) is 0 Å². The molecule has 0 radical (unpaired) electrons. The summed E-state index contributed by atoms with van der Waals surface area (Å²) in [6, 6.07) is 1.80. The van der Waals surface area contributed by atoms with Crippen LogP contribution in [-0.4, -0.2) is 4.98 Å². The number of nitrogens with zero attached hydrogens (tertiary/aromatic N) is 2. The molecule has 0 amide bonds. The van der Waals surface area contributed by atoms with Gasteiger partial charge in [0.15, 0.2) is 12.1 Å². The van der Waals surface area contributed by atoms with E-state index < -0.39 is 0 Å². The third-order valence-corrected chi connectivity index (χ3v) is 0.547. The van der Waals surface area contributed by atoms with Crippen molar-refractivity contribution in [3.05, 3.63) is 18.4 Å². The van der Waals surface area contributed by atoms with Crippen molar-refractivity contribution in [2.75, 3.05) is 0 Å². The highest BCUT2D eigenvalue weighted by Gasteiger charge is 1.85. The number of aromatic nitrogens is 1. The fourth-order valence-corrected chi connectivity index (χ4v) is 0.268. The van der Waals surface area contributed by atoms with Crippen LogP contribution in [0.5, 0.6) is 0 Å². The summed E-state index contributed by atoms with van der Waals surface area (Å²) < 4.78 is 4.47. The lowest BCUT2D eigenvalue weighted by Gasteiger charge is -1.58. The molecule has 3 nitrogen and oxygen atoms in total. The molecule has 0 saturated heterocycles. The predicted molar refractivity (Wildman–Crippen MR) is 21.2 cm³/mol. The summed E-state index contributed by atoms with van der Waals surface area (Å²) >= 11 is 0. The minimum atomic E-state index is 0.319. The van der Waals surface area contributed by atoms with Gasteiger partial charge in [0.25, 0.3) is 0 Å². The number of nitriles is 1. The zero-order valence-electron chi connectivity index (χ0n) is 3.46. The molecule has 0 aliphatic heterocycles. The van der Waals surface area contributed by atoms with E-state index in [0.717, 1.165) is 0 Å². The molecule has 34 valence electrons. The van der Waals surface area contributed by atoms with Crippen molar-refractivity contribution in [2.45, 2.75) is 0 Å². The maximum atomic E-state index is 8.05. The lowest BCUT2D eigenvalue weighted by molar-refractivity contribution is 0.557. The number of hydrogen-bond acceptors (Lipinski definition) is 3. The van der Waals surface area contributed by atoms with E-state index in [-0.39, 0.29) is 0 Å². The van der Waals surface area contributed by atoms with E-state index in [0.29, 0.717) is 5.69 Å². The minimum absolute atomic E-state index is 0.319. The monoisotopic (exact) mass is 94.0 g/mol. The second-order valence-corrected chi connectivity index (χ2v) is 0.985. The Labute approximate surface area is 40.2 Å². The van der Waals surface area contributed by atoms with Crippen molar-refractivity contribution >= 4 is 0 Å². The lowest BCUT2D eigenvalue weighted by atomic mass is 10.6. The highest BCUT2D eigenvalue weighted by atomic mass is 16.3. The predicted octanol–water partition coefficient (Wildman–Crippen LogP) is 0.546. The molecule has 0 fully saturated rings. The van der Waals surface area contributed by atoms with Crippen LogP contribution in [0.3, 0.4) is 0 Å². The van der Waals surface area contributed by atoms with Crippen LogP contribution in [0.4, 0.5) is 0 Å². The zero-order valence-corrected chi connectivity index (χ0v) is 3.46. The Morgan fingerprint density at radius 1 is 1.86 bits per heavy atom. The third kappa shape index (κ3) is 0.578. The van der Waals surface area contributed by atoms with Gasteiger partial charge in [-0.25, -0.2) is 4.98 Å². The van der Waals surface area contributed by atoms with Gasteiger partial charge in [-0.1, -0.05) is 0 Å². The first-order valence-electron chi connectivity index (χ1n) is 1.72. The van der Waals surface area contributed by atoms with Crippen LogP contribution >= 0.6 is 0 Å². The van der Waals surface area contributed by atoms with Crippen molar-refractivity contribution in [1.82, 2.24) is 4.98 Å². The summed E-state index contributed by atoms with van der Waals surface area (Å²) in [5, 5.41) is 8.05. The number of oxazole rings is 1. The molecule has 0 spiro atoms. The Morgan fingerprint density at radius 3 is 3.00 bits per heavy atom. The Bertz CT molecular complexity index is 172. The van der Waals surface area contributed by atoms with Gasteiger partial charge < -0.3 is 4.42 Å². The summed E-state index contributed by atoms with van der Waals surface area (Å²) in [6.07, 6.45) is 2.51. The molecule has 0 atom stereocenters. The molecule has 0 saturated carbocycles. The molecule has 0 bridgehead atoms. The van der Waals surface area contributed by atoms with Crippen molar-refractivity contribution < 1.29 is 4.42 Å². The Kier molecular flexibility index (Phi) is 0.794. The number of hydrogen-bond donors (Lipinski definition) is 0. The van der Waals surface area contributed by atoms with Crippen LogP contribution in [0.25, 0.3) is 0 Å². The smallest absolute Gasteiger partial charge is 0.181 e. The molecule has 1 heterocycles. The molecule has 7 heavy (non-hydrogen) atoms. The summed E-state index contributed by atoms with van der Waals surface area (Å²) in [6.45, 7) is 0. The molecule has 0 aliphatic rings. The average molecular weight is 94.1 g/mol. The molecule has 0 unspecified atom stereocenters.